The van der Waals surface area contributed by atoms with E-state index in [1.54, 1.807) is 42.9 Å². The molecule has 20 heavy (non-hydrogen) atoms. The molecule has 0 aliphatic heterocycles. The van der Waals surface area contributed by atoms with Crippen LogP contribution in [-0.4, -0.2) is 31.6 Å². The van der Waals surface area contributed by atoms with E-state index < -0.39 is 0 Å². The lowest BCUT2D eigenvalue weighted by Crippen LogP contribution is -2.10. The highest BCUT2D eigenvalue weighted by atomic mass is 16.3. The van der Waals surface area contributed by atoms with Crippen LogP contribution in [0.25, 0.3) is 5.95 Å². The fourth-order valence-electron chi connectivity index (χ4n) is 1.62. The van der Waals surface area contributed by atoms with Crippen molar-refractivity contribution in [2.24, 2.45) is 0 Å². The van der Waals surface area contributed by atoms with Crippen LogP contribution >= 0.6 is 0 Å². The first kappa shape index (κ1) is 12.2. The summed E-state index contributed by atoms with van der Waals surface area (Å²) in [5, 5.41) is 6.04. The van der Waals surface area contributed by atoms with Gasteiger partial charge in [0, 0.05) is 31.5 Å². The van der Waals surface area contributed by atoms with E-state index in [2.05, 4.69) is 30.6 Å². The Balaban J connectivity index is 1.84. The molecule has 0 saturated carbocycles. The van der Waals surface area contributed by atoms with E-state index in [0.29, 0.717) is 24.4 Å². The molecule has 3 aromatic heterocycles. The second-order valence-corrected chi connectivity index (χ2v) is 3.99. The van der Waals surface area contributed by atoms with Crippen molar-refractivity contribution < 1.29 is 4.42 Å². The third-order valence-corrected chi connectivity index (χ3v) is 2.61. The van der Waals surface area contributed by atoms with Crippen molar-refractivity contribution in [3.05, 3.63) is 42.9 Å². The van der Waals surface area contributed by atoms with Crippen LogP contribution in [0.4, 0.5) is 11.9 Å². The first-order valence-corrected chi connectivity index (χ1v) is 6.02. The Kier molecular flexibility index (Phi) is 3.27. The number of anilines is 2. The molecule has 0 fully saturated rings. The summed E-state index contributed by atoms with van der Waals surface area (Å²) in [5.74, 6) is 1.46. The molecule has 0 atom stereocenters. The van der Waals surface area contributed by atoms with Crippen LogP contribution in [0.15, 0.2) is 41.7 Å². The Bertz CT molecular complexity index is 663. The Morgan fingerprint density at radius 3 is 2.85 bits per heavy atom. The molecule has 0 aliphatic rings. The van der Waals surface area contributed by atoms with E-state index in [9.17, 15) is 0 Å². The van der Waals surface area contributed by atoms with Gasteiger partial charge in [-0.15, -0.1) is 0 Å². The summed E-state index contributed by atoms with van der Waals surface area (Å²) in [6, 6.07) is 1.88. The van der Waals surface area contributed by atoms with E-state index in [1.807, 2.05) is 6.07 Å². The minimum atomic E-state index is 0.481. The minimum Gasteiger partial charge on any atom is -0.472 e. The van der Waals surface area contributed by atoms with Gasteiger partial charge in [0.05, 0.1) is 12.5 Å². The van der Waals surface area contributed by atoms with Gasteiger partial charge in [0.15, 0.2) is 0 Å². The largest absolute Gasteiger partial charge is 0.472 e. The quantitative estimate of drug-likeness (QED) is 0.722. The smallest absolute Gasteiger partial charge is 0.241 e. The number of nitrogens with zero attached hydrogens (tertiary/aromatic N) is 5. The molecule has 0 amide bonds. The lowest BCUT2D eigenvalue weighted by atomic mass is 10.3. The molecule has 8 heteroatoms. The topological polar surface area (TPSA) is 93.7 Å². The third-order valence-electron chi connectivity index (χ3n) is 2.61. The van der Waals surface area contributed by atoms with Crippen molar-refractivity contribution in [1.82, 2.24) is 24.5 Å². The van der Waals surface area contributed by atoms with Crippen LogP contribution < -0.4 is 10.6 Å². The van der Waals surface area contributed by atoms with Gasteiger partial charge in [-0.25, -0.2) is 4.98 Å². The summed E-state index contributed by atoms with van der Waals surface area (Å²) in [4.78, 5) is 16.8. The van der Waals surface area contributed by atoms with Gasteiger partial charge in [-0.3, -0.25) is 4.57 Å². The third kappa shape index (κ3) is 2.58. The fourth-order valence-corrected chi connectivity index (χ4v) is 1.62. The van der Waals surface area contributed by atoms with Gasteiger partial charge in [-0.1, -0.05) is 0 Å². The molecular weight excluding hydrogens is 258 g/mol. The molecule has 0 aliphatic carbocycles. The van der Waals surface area contributed by atoms with Gasteiger partial charge in [-0.2, -0.15) is 15.0 Å². The molecule has 2 N–H and O–H groups in total. The van der Waals surface area contributed by atoms with Crippen molar-refractivity contribution in [3.63, 3.8) is 0 Å². The zero-order valence-electron chi connectivity index (χ0n) is 10.8. The molecule has 3 rings (SSSR count). The normalized spacial score (nSPS) is 10.4. The molecule has 8 nitrogen and oxygen atoms in total. The Morgan fingerprint density at radius 1 is 1.25 bits per heavy atom. The number of hydrogen-bond donors (Lipinski definition) is 2. The molecule has 0 radical (unpaired) electrons. The van der Waals surface area contributed by atoms with Crippen molar-refractivity contribution in [2.75, 3.05) is 17.7 Å². The molecule has 3 heterocycles. The van der Waals surface area contributed by atoms with Gasteiger partial charge < -0.3 is 15.1 Å². The first-order valence-electron chi connectivity index (χ1n) is 6.02. The first-order chi connectivity index (χ1) is 9.85. The van der Waals surface area contributed by atoms with Crippen LogP contribution in [0.2, 0.25) is 0 Å². The standard InChI is InChI=1S/C12H13N7O/c1-13-10-16-11(15-6-9-2-5-20-7-9)18-12(17-10)19-4-3-14-8-19/h2-5,7-8H,6H2,1H3,(H2,13,15,16,17,18). The number of imidazole rings is 1. The molecule has 102 valence electrons. The van der Waals surface area contributed by atoms with E-state index in [0.717, 1.165) is 5.56 Å². The van der Waals surface area contributed by atoms with E-state index in [4.69, 9.17) is 4.42 Å². The van der Waals surface area contributed by atoms with E-state index in [1.165, 1.54) is 0 Å². The van der Waals surface area contributed by atoms with Gasteiger partial charge >= 0.3 is 0 Å². The Labute approximate surface area is 114 Å². The summed E-state index contributed by atoms with van der Waals surface area (Å²) in [7, 11) is 1.76. The molecule has 0 spiro atoms. The molecular formula is C12H13N7O. The second-order valence-electron chi connectivity index (χ2n) is 3.99. The number of furan rings is 1. The van der Waals surface area contributed by atoms with Crippen LogP contribution in [0, 0.1) is 0 Å². The summed E-state index contributed by atoms with van der Waals surface area (Å²) < 4.78 is 6.73. The van der Waals surface area contributed by atoms with E-state index in [-0.39, 0.29) is 0 Å². The fraction of sp³-hybridized carbons (Fsp3) is 0.167. The van der Waals surface area contributed by atoms with Gasteiger partial charge in [-0.05, 0) is 6.07 Å². The molecule has 3 aromatic rings. The summed E-state index contributed by atoms with van der Waals surface area (Å²) >= 11 is 0. The number of rotatable bonds is 5. The van der Waals surface area contributed by atoms with Gasteiger partial charge in [0.1, 0.15) is 6.33 Å². The number of hydrogen-bond acceptors (Lipinski definition) is 7. The molecule has 0 aromatic carbocycles. The second kappa shape index (κ2) is 5.39. The van der Waals surface area contributed by atoms with Crippen molar-refractivity contribution >= 4 is 11.9 Å². The maximum Gasteiger partial charge on any atom is 0.241 e. The number of aromatic nitrogens is 5. The maximum absolute atomic E-state index is 5.01. The Hall–Kier alpha value is -2.90. The summed E-state index contributed by atoms with van der Waals surface area (Å²) in [5.41, 5.74) is 1.01. The molecule has 0 bridgehead atoms. The highest BCUT2D eigenvalue weighted by Gasteiger charge is 2.07. The average Bonchev–Trinajstić information content (AvgIpc) is 3.17. The van der Waals surface area contributed by atoms with E-state index >= 15 is 0 Å². The van der Waals surface area contributed by atoms with Crippen LogP contribution in [0.5, 0.6) is 0 Å². The molecule has 0 unspecified atom stereocenters. The average molecular weight is 271 g/mol. The SMILES string of the molecule is CNc1nc(NCc2ccoc2)nc(-n2ccnc2)n1. The van der Waals surface area contributed by atoms with Crippen molar-refractivity contribution in [3.8, 4) is 5.95 Å². The van der Waals surface area contributed by atoms with Crippen LogP contribution in [0.1, 0.15) is 5.56 Å². The maximum atomic E-state index is 5.01. The van der Waals surface area contributed by atoms with Crippen LogP contribution in [0.3, 0.4) is 0 Å². The molecule has 0 saturated heterocycles. The minimum absolute atomic E-state index is 0.481. The monoisotopic (exact) mass is 271 g/mol. The summed E-state index contributed by atoms with van der Waals surface area (Å²) in [6.07, 6.45) is 8.37. The zero-order chi connectivity index (χ0) is 13.8. The highest BCUT2D eigenvalue weighted by Crippen LogP contribution is 2.10. The lowest BCUT2D eigenvalue weighted by Gasteiger charge is -2.08. The van der Waals surface area contributed by atoms with Gasteiger partial charge in [0.2, 0.25) is 17.8 Å². The van der Waals surface area contributed by atoms with Crippen molar-refractivity contribution in [1.29, 1.82) is 0 Å². The van der Waals surface area contributed by atoms with Crippen LogP contribution in [-0.2, 0) is 6.54 Å². The highest BCUT2D eigenvalue weighted by molar-refractivity contribution is 5.38. The zero-order valence-corrected chi connectivity index (χ0v) is 10.8. The predicted octanol–water partition coefficient (Wildman–Crippen LogP) is 1.30. The Morgan fingerprint density at radius 2 is 2.15 bits per heavy atom. The van der Waals surface area contributed by atoms with Gasteiger partial charge in [0.25, 0.3) is 0 Å². The predicted molar refractivity (Wildman–Crippen MR) is 72.5 cm³/mol. The lowest BCUT2D eigenvalue weighted by molar-refractivity contribution is 0.564. The number of nitrogens with one attached hydrogen (secondary N) is 2. The van der Waals surface area contributed by atoms with Crippen molar-refractivity contribution in [2.45, 2.75) is 6.54 Å². The summed E-state index contributed by atoms with van der Waals surface area (Å²) in [6.45, 7) is 0.576.